The molecule has 1 saturated carbocycles. The molecule has 3 rings (SSSR count). The standard InChI is InChI=1S/C16H20N2O3/c1-16(2,21)8-7-11-5-6-13-12(15(19)20)9-17-18(13)14(11)10-3-4-10/h5-6,9-10,21H,3-4,7-8H2,1-2H3,(H,19,20). The van der Waals surface area contributed by atoms with Gasteiger partial charge in [0.05, 0.1) is 17.3 Å². The number of carboxylic acid groups (broad SMARTS) is 1. The molecule has 0 saturated heterocycles. The maximum Gasteiger partial charge on any atom is 0.339 e. The lowest BCUT2D eigenvalue weighted by atomic mass is 9.96. The van der Waals surface area contributed by atoms with Gasteiger partial charge in [-0.2, -0.15) is 5.10 Å². The van der Waals surface area contributed by atoms with Crippen molar-refractivity contribution in [3.8, 4) is 0 Å². The van der Waals surface area contributed by atoms with Gasteiger partial charge in [-0.3, -0.25) is 0 Å². The highest BCUT2D eigenvalue weighted by atomic mass is 16.4. The number of hydrogen-bond acceptors (Lipinski definition) is 3. The molecule has 0 radical (unpaired) electrons. The molecule has 1 aliphatic carbocycles. The molecule has 112 valence electrons. The second kappa shape index (κ2) is 4.84. The molecule has 21 heavy (non-hydrogen) atoms. The summed E-state index contributed by atoms with van der Waals surface area (Å²) >= 11 is 0. The second-order valence-corrected chi connectivity index (χ2v) is 6.49. The molecule has 0 bridgehead atoms. The molecule has 2 aromatic heterocycles. The summed E-state index contributed by atoms with van der Waals surface area (Å²) in [5, 5.41) is 23.4. The lowest BCUT2D eigenvalue weighted by molar-refractivity contribution is 0.0695. The van der Waals surface area contributed by atoms with Crippen LogP contribution in [0.4, 0.5) is 0 Å². The molecule has 0 unspecified atom stereocenters. The van der Waals surface area contributed by atoms with Crippen LogP contribution in [0.3, 0.4) is 0 Å². The molecular weight excluding hydrogens is 268 g/mol. The zero-order valence-corrected chi connectivity index (χ0v) is 12.3. The van der Waals surface area contributed by atoms with E-state index in [1.807, 2.05) is 12.1 Å². The predicted molar refractivity (Wildman–Crippen MR) is 78.7 cm³/mol. The number of carbonyl (C=O) groups is 1. The van der Waals surface area contributed by atoms with E-state index in [1.165, 1.54) is 6.20 Å². The summed E-state index contributed by atoms with van der Waals surface area (Å²) < 4.78 is 1.78. The van der Waals surface area contributed by atoms with E-state index < -0.39 is 11.6 Å². The van der Waals surface area contributed by atoms with Gasteiger partial charge in [-0.1, -0.05) is 6.07 Å². The Kier molecular flexibility index (Phi) is 3.24. The number of hydrogen-bond donors (Lipinski definition) is 2. The van der Waals surface area contributed by atoms with Crippen molar-refractivity contribution in [3.05, 3.63) is 35.2 Å². The van der Waals surface area contributed by atoms with E-state index in [0.717, 1.165) is 30.5 Å². The van der Waals surface area contributed by atoms with Crippen LogP contribution in [-0.2, 0) is 6.42 Å². The Balaban J connectivity index is 2.05. The topological polar surface area (TPSA) is 74.8 Å². The molecule has 2 N–H and O–H groups in total. The van der Waals surface area contributed by atoms with E-state index in [9.17, 15) is 15.0 Å². The maximum absolute atomic E-state index is 11.2. The van der Waals surface area contributed by atoms with Gasteiger partial charge in [-0.15, -0.1) is 0 Å². The highest BCUT2D eigenvalue weighted by Gasteiger charge is 2.30. The van der Waals surface area contributed by atoms with E-state index in [0.29, 0.717) is 17.9 Å². The predicted octanol–water partition coefficient (Wildman–Crippen LogP) is 2.61. The van der Waals surface area contributed by atoms with Gasteiger partial charge < -0.3 is 10.2 Å². The average Bonchev–Trinajstić information content (AvgIpc) is 3.12. The number of rotatable bonds is 5. The lowest BCUT2D eigenvalue weighted by Crippen LogP contribution is -2.19. The third-order valence-electron chi connectivity index (χ3n) is 4.01. The molecule has 0 aliphatic heterocycles. The number of carboxylic acids is 1. The average molecular weight is 288 g/mol. The van der Waals surface area contributed by atoms with Crippen LogP contribution in [0.5, 0.6) is 0 Å². The minimum Gasteiger partial charge on any atom is -0.478 e. The van der Waals surface area contributed by atoms with Gasteiger partial charge in [-0.25, -0.2) is 9.31 Å². The summed E-state index contributed by atoms with van der Waals surface area (Å²) in [6, 6.07) is 3.81. The fraction of sp³-hybridized carbons (Fsp3) is 0.500. The first-order valence-electron chi connectivity index (χ1n) is 7.32. The normalized spacial score (nSPS) is 15.6. The Morgan fingerprint density at radius 3 is 2.71 bits per heavy atom. The number of aromatic carboxylic acids is 1. The monoisotopic (exact) mass is 288 g/mol. The van der Waals surface area contributed by atoms with E-state index >= 15 is 0 Å². The molecule has 0 atom stereocenters. The number of aliphatic hydroxyl groups is 1. The first-order chi connectivity index (χ1) is 9.87. The molecule has 0 amide bonds. The maximum atomic E-state index is 11.2. The van der Waals surface area contributed by atoms with Crippen LogP contribution < -0.4 is 0 Å². The summed E-state index contributed by atoms with van der Waals surface area (Å²) in [5.41, 5.74) is 2.46. The largest absolute Gasteiger partial charge is 0.478 e. The van der Waals surface area contributed by atoms with Gasteiger partial charge in [-0.05, 0) is 51.2 Å². The van der Waals surface area contributed by atoms with Crippen molar-refractivity contribution in [2.24, 2.45) is 0 Å². The van der Waals surface area contributed by atoms with Crippen LogP contribution >= 0.6 is 0 Å². The van der Waals surface area contributed by atoms with Crippen LogP contribution in [-0.4, -0.2) is 31.4 Å². The Labute approximate surface area is 123 Å². The molecule has 1 aliphatic rings. The number of aromatic nitrogens is 2. The molecule has 0 aromatic carbocycles. The van der Waals surface area contributed by atoms with Gasteiger partial charge >= 0.3 is 5.97 Å². The summed E-state index contributed by atoms with van der Waals surface area (Å²) in [5.74, 6) is -0.483. The van der Waals surface area contributed by atoms with Gasteiger partial charge in [0, 0.05) is 11.6 Å². The highest BCUT2D eigenvalue weighted by Crippen LogP contribution is 2.42. The second-order valence-electron chi connectivity index (χ2n) is 6.49. The highest BCUT2D eigenvalue weighted by molar-refractivity contribution is 5.95. The van der Waals surface area contributed by atoms with Crippen LogP contribution in [0.1, 0.15) is 60.6 Å². The molecule has 5 heteroatoms. The van der Waals surface area contributed by atoms with Crippen LogP contribution in [0.25, 0.3) is 5.52 Å². The summed E-state index contributed by atoms with van der Waals surface area (Å²) in [4.78, 5) is 11.2. The zero-order valence-electron chi connectivity index (χ0n) is 12.3. The molecule has 5 nitrogen and oxygen atoms in total. The summed E-state index contributed by atoms with van der Waals surface area (Å²) in [7, 11) is 0. The van der Waals surface area contributed by atoms with Crippen molar-refractivity contribution in [3.63, 3.8) is 0 Å². The van der Waals surface area contributed by atoms with Crippen LogP contribution in [0, 0.1) is 0 Å². The molecule has 2 aromatic rings. The van der Waals surface area contributed by atoms with Crippen molar-refractivity contribution in [1.82, 2.24) is 9.61 Å². The zero-order chi connectivity index (χ0) is 15.2. The van der Waals surface area contributed by atoms with E-state index in [1.54, 1.807) is 18.4 Å². The van der Waals surface area contributed by atoms with Crippen molar-refractivity contribution in [2.75, 3.05) is 0 Å². The first-order valence-corrected chi connectivity index (χ1v) is 7.32. The van der Waals surface area contributed by atoms with Gasteiger partial charge in [0.1, 0.15) is 5.56 Å². The van der Waals surface area contributed by atoms with Gasteiger partial charge in [0.2, 0.25) is 0 Å². The summed E-state index contributed by atoms with van der Waals surface area (Å²) in [6.45, 7) is 3.61. The number of fused-ring (bicyclic) bond motifs is 1. The Morgan fingerprint density at radius 2 is 2.14 bits per heavy atom. The molecule has 2 heterocycles. The van der Waals surface area contributed by atoms with Crippen molar-refractivity contribution >= 4 is 11.5 Å². The molecule has 1 fully saturated rings. The van der Waals surface area contributed by atoms with Gasteiger partial charge in [0.25, 0.3) is 0 Å². The molecule has 0 spiro atoms. The first kappa shape index (κ1) is 14.1. The van der Waals surface area contributed by atoms with E-state index in [4.69, 9.17) is 0 Å². The SMILES string of the molecule is CC(C)(O)CCc1ccc2c(C(=O)O)cnn2c1C1CC1. The lowest BCUT2D eigenvalue weighted by Gasteiger charge is -2.18. The quantitative estimate of drug-likeness (QED) is 0.887. The Hall–Kier alpha value is -1.88. The fourth-order valence-electron chi connectivity index (χ4n) is 2.72. The number of pyridine rings is 1. The third-order valence-corrected chi connectivity index (χ3v) is 4.01. The number of nitrogens with zero attached hydrogens (tertiary/aromatic N) is 2. The van der Waals surface area contributed by atoms with Crippen LogP contribution in [0.15, 0.2) is 18.3 Å². The Morgan fingerprint density at radius 1 is 1.43 bits per heavy atom. The van der Waals surface area contributed by atoms with E-state index in [-0.39, 0.29) is 5.56 Å². The molecular formula is C16H20N2O3. The minimum absolute atomic E-state index is 0.242. The third kappa shape index (κ3) is 2.78. The summed E-state index contributed by atoms with van der Waals surface area (Å²) in [6.07, 6.45) is 5.11. The Bertz CT molecular complexity index is 693. The van der Waals surface area contributed by atoms with E-state index in [2.05, 4.69) is 5.10 Å². The fourth-order valence-corrected chi connectivity index (χ4v) is 2.72. The van der Waals surface area contributed by atoms with Crippen molar-refractivity contribution in [2.45, 2.75) is 51.0 Å². The minimum atomic E-state index is -0.948. The van der Waals surface area contributed by atoms with Crippen molar-refractivity contribution < 1.29 is 15.0 Å². The number of aryl methyl sites for hydroxylation is 1. The smallest absolute Gasteiger partial charge is 0.339 e. The van der Waals surface area contributed by atoms with Crippen molar-refractivity contribution in [1.29, 1.82) is 0 Å². The van der Waals surface area contributed by atoms with Gasteiger partial charge in [0.15, 0.2) is 0 Å². The van der Waals surface area contributed by atoms with Crippen LogP contribution in [0.2, 0.25) is 0 Å².